The molecule has 0 aliphatic carbocycles. The summed E-state index contributed by atoms with van der Waals surface area (Å²) in [5, 5.41) is 8.29. The van der Waals surface area contributed by atoms with Crippen LogP contribution in [0, 0.1) is 27.7 Å². The van der Waals surface area contributed by atoms with Crippen molar-refractivity contribution in [2.75, 3.05) is 31.6 Å². The molecule has 0 spiro atoms. The maximum Gasteiger partial charge on any atom is 0.254 e. The molecule has 0 unspecified atom stereocenters. The van der Waals surface area contributed by atoms with Gasteiger partial charge in [0.2, 0.25) is 5.91 Å². The molecule has 8 heteroatoms. The lowest BCUT2D eigenvalue weighted by molar-refractivity contribution is -0.115. The first kappa shape index (κ1) is 24.0. The van der Waals surface area contributed by atoms with E-state index in [1.165, 1.54) is 0 Å². The average Bonchev–Trinajstić information content (AvgIpc) is 3.10. The standard InChI is InChI=1S/C26H29ClN4O3/c1-16-8-9-20(14-23(16)27)31-19(4)22(18(3)29-31)15-25(32)28-24-7-5-6-21(17(24)2)26(33)30-10-12-34-13-11-30/h5-9,14H,10-13,15H2,1-4H3,(H,28,32). The van der Waals surface area contributed by atoms with Gasteiger partial charge in [0.15, 0.2) is 0 Å². The Morgan fingerprint density at radius 1 is 1.09 bits per heavy atom. The highest BCUT2D eigenvalue weighted by molar-refractivity contribution is 6.31. The van der Waals surface area contributed by atoms with E-state index in [0.717, 1.165) is 33.8 Å². The van der Waals surface area contributed by atoms with Crippen molar-refractivity contribution in [2.24, 2.45) is 0 Å². The van der Waals surface area contributed by atoms with Gasteiger partial charge in [-0.2, -0.15) is 5.10 Å². The van der Waals surface area contributed by atoms with Crippen LogP contribution >= 0.6 is 11.6 Å². The largest absolute Gasteiger partial charge is 0.378 e. The molecular weight excluding hydrogens is 452 g/mol. The lowest BCUT2D eigenvalue weighted by Crippen LogP contribution is -2.41. The molecule has 3 aromatic rings. The number of hydrogen-bond donors (Lipinski definition) is 1. The van der Waals surface area contributed by atoms with Gasteiger partial charge in [0, 0.05) is 40.6 Å². The van der Waals surface area contributed by atoms with Crippen molar-refractivity contribution in [1.82, 2.24) is 14.7 Å². The first-order valence-electron chi connectivity index (χ1n) is 11.3. The van der Waals surface area contributed by atoms with Crippen molar-refractivity contribution >= 4 is 29.1 Å². The molecule has 1 N–H and O–H groups in total. The summed E-state index contributed by atoms with van der Waals surface area (Å²) < 4.78 is 7.16. The van der Waals surface area contributed by atoms with Crippen LogP contribution in [0.4, 0.5) is 5.69 Å². The number of anilines is 1. The predicted octanol–water partition coefficient (Wildman–Crippen LogP) is 4.41. The van der Waals surface area contributed by atoms with E-state index < -0.39 is 0 Å². The minimum absolute atomic E-state index is 0.0402. The molecule has 1 aromatic heterocycles. The molecule has 0 bridgehead atoms. The lowest BCUT2D eigenvalue weighted by Gasteiger charge is -2.27. The van der Waals surface area contributed by atoms with Crippen LogP contribution < -0.4 is 5.32 Å². The second-order valence-corrected chi connectivity index (χ2v) is 9.01. The van der Waals surface area contributed by atoms with Crippen molar-refractivity contribution in [3.63, 3.8) is 0 Å². The maximum atomic E-state index is 13.0. The summed E-state index contributed by atoms with van der Waals surface area (Å²) in [5.74, 6) is -0.201. The van der Waals surface area contributed by atoms with Gasteiger partial charge in [0.25, 0.3) is 5.91 Å². The fraction of sp³-hybridized carbons (Fsp3) is 0.346. The zero-order valence-corrected chi connectivity index (χ0v) is 20.7. The van der Waals surface area contributed by atoms with Crippen LogP contribution in [-0.2, 0) is 16.0 Å². The lowest BCUT2D eigenvalue weighted by atomic mass is 10.0. The van der Waals surface area contributed by atoms with Crippen LogP contribution in [0.2, 0.25) is 5.02 Å². The minimum Gasteiger partial charge on any atom is -0.378 e. The van der Waals surface area contributed by atoms with Gasteiger partial charge < -0.3 is 15.0 Å². The summed E-state index contributed by atoms with van der Waals surface area (Å²) >= 11 is 6.30. The Kier molecular flexibility index (Phi) is 7.05. The molecule has 178 valence electrons. The minimum atomic E-state index is -0.160. The Labute approximate surface area is 204 Å². The van der Waals surface area contributed by atoms with Crippen molar-refractivity contribution in [1.29, 1.82) is 0 Å². The summed E-state index contributed by atoms with van der Waals surface area (Å²) in [6.45, 7) is 9.89. The molecule has 34 heavy (non-hydrogen) atoms. The molecule has 1 fully saturated rings. The summed E-state index contributed by atoms with van der Waals surface area (Å²) in [6.07, 6.45) is 0.179. The zero-order chi connectivity index (χ0) is 24.4. The fourth-order valence-electron chi connectivity index (χ4n) is 4.19. The Hall–Kier alpha value is -3.16. The first-order valence-corrected chi connectivity index (χ1v) is 11.7. The quantitative estimate of drug-likeness (QED) is 0.586. The van der Waals surface area contributed by atoms with Crippen LogP contribution in [0.5, 0.6) is 0 Å². The molecule has 0 radical (unpaired) electrons. The van der Waals surface area contributed by atoms with Gasteiger partial charge >= 0.3 is 0 Å². The number of morpholine rings is 1. The topological polar surface area (TPSA) is 76.5 Å². The second-order valence-electron chi connectivity index (χ2n) is 8.60. The van der Waals surface area contributed by atoms with Crippen LogP contribution in [0.25, 0.3) is 5.69 Å². The van der Waals surface area contributed by atoms with E-state index in [2.05, 4.69) is 10.4 Å². The van der Waals surface area contributed by atoms with E-state index in [4.69, 9.17) is 16.3 Å². The number of aryl methyl sites for hydroxylation is 2. The highest BCUT2D eigenvalue weighted by atomic mass is 35.5. The number of carbonyl (C=O) groups excluding carboxylic acids is 2. The van der Waals surface area contributed by atoms with Gasteiger partial charge in [-0.05, 0) is 63.1 Å². The van der Waals surface area contributed by atoms with Crippen molar-refractivity contribution in [3.8, 4) is 5.69 Å². The van der Waals surface area contributed by atoms with Crippen molar-refractivity contribution in [3.05, 3.63) is 75.1 Å². The third-order valence-electron chi connectivity index (χ3n) is 6.32. The number of rotatable bonds is 5. The van der Waals surface area contributed by atoms with Crippen LogP contribution in [-0.4, -0.2) is 52.8 Å². The highest BCUT2D eigenvalue weighted by Crippen LogP contribution is 2.25. The molecule has 4 rings (SSSR count). The Morgan fingerprint density at radius 3 is 2.53 bits per heavy atom. The summed E-state index contributed by atoms with van der Waals surface area (Å²) in [6, 6.07) is 11.2. The molecule has 2 amide bonds. The first-order chi connectivity index (χ1) is 16.3. The monoisotopic (exact) mass is 480 g/mol. The van der Waals surface area contributed by atoms with Gasteiger partial charge in [0.05, 0.1) is 31.0 Å². The fourth-order valence-corrected chi connectivity index (χ4v) is 4.37. The second kappa shape index (κ2) is 9.99. The van der Waals surface area contributed by atoms with E-state index in [1.54, 1.807) is 17.0 Å². The normalized spacial score (nSPS) is 13.7. The number of amides is 2. The SMILES string of the molecule is Cc1ccc(-n2nc(C)c(CC(=O)Nc3cccc(C(=O)N4CCOCC4)c3C)c2C)cc1Cl. The molecule has 2 aromatic carbocycles. The van der Waals surface area contributed by atoms with Gasteiger partial charge in [-0.25, -0.2) is 4.68 Å². The number of hydrogen-bond acceptors (Lipinski definition) is 4. The Bertz CT molecular complexity index is 1250. The van der Waals surface area contributed by atoms with E-state index in [1.807, 2.05) is 56.6 Å². The van der Waals surface area contributed by atoms with E-state index in [9.17, 15) is 9.59 Å². The maximum absolute atomic E-state index is 13.0. The molecule has 1 aliphatic heterocycles. The summed E-state index contributed by atoms with van der Waals surface area (Å²) in [4.78, 5) is 27.7. The molecular formula is C26H29ClN4O3. The number of halogens is 1. The Morgan fingerprint density at radius 2 is 1.82 bits per heavy atom. The van der Waals surface area contributed by atoms with E-state index in [-0.39, 0.29) is 18.2 Å². The zero-order valence-electron chi connectivity index (χ0n) is 19.9. The smallest absolute Gasteiger partial charge is 0.254 e. The third-order valence-corrected chi connectivity index (χ3v) is 6.72. The number of aromatic nitrogens is 2. The van der Waals surface area contributed by atoms with Gasteiger partial charge in [0.1, 0.15) is 0 Å². The van der Waals surface area contributed by atoms with Crippen molar-refractivity contribution < 1.29 is 14.3 Å². The molecule has 2 heterocycles. The van der Waals surface area contributed by atoms with Crippen LogP contribution in [0.3, 0.4) is 0 Å². The summed E-state index contributed by atoms with van der Waals surface area (Å²) in [7, 11) is 0. The van der Waals surface area contributed by atoms with Gasteiger partial charge in [-0.1, -0.05) is 23.7 Å². The van der Waals surface area contributed by atoms with Crippen LogP contribution in [0.1, 0.15) is 38.4 Å². The van der Waals surface area contributed by atoms with E-state index in [0.29, 0.717) is 42.6 Å². The average molecular weight is 481 g/mol. The number of nitrogens with one attached hydrogen (secondary N) is 1. The number of benzene rings is 2. The highest BCUT2D eigenvalue weighted by Gasteiger charge is 2.22. The number of carbonyl (C=O) groups is 2. The van der Waals surface area contributed by atoms with Crippen LogP contribution in [0.15, 0.2) is 36.4 Å². The summed E-state index contributed by atoms with van der Waals surface area (Å²) in [5.41, 5.74) is 6.38. The Balaban J connectivity index is 1.52. The van der Waals surface area contributed by atoms with E-state index >= 15 is 0 Å². The molecule has 1 aliphatic rings. The molecule has 0 saturated carbocycles. The predicted molar refractivity (Wildman–Crippen MR) is 133 cm³/mol. The molecule has 1 saturated heterocycles. The van der Waals surface area contributed by atoms with Gasteiger partial charge in [-0.15, -0.1) is 0 Å². The molecule has 0 atom stereocenters. The third kappa shape index (κ3) is 4.86. The number of nitrogens with zero attached hydrogens (tertiary/aromatic N) is 3. The van der Waals surface area contributed by atoms with Crippen molar-refractivity contribution in [2.45, 2.75) is 34.1 Å². The molecule has 7 nitrogen and oxygen atoms in total. The number of ether oxygens (including phenoxy) is 1. The van der Waals surface area contributed by atoms with Gasteiger partial charge in [-0.3, -0.25) is 9.59 Å².